The predicted molar refractivity (Wildman–Crippen MR) is 74.1 cm³/mol. The van der Waals surface area contributed by atoms with Crippen molar-refractivity contribution in [2.75, 3.05) is 14.2 Å². The van der Waals surface area contributed by atoms with E-state index >= 15 is 0 Å². The summed E-state index contributed by atoms with van der Waals surface area (Å²) in [4.78, 5) is -0.0838. The van der Waals surface area contributed by atoms with E-state index in [1.54, 1.807) is 6.92 Å². The van der Waals surface area contributed by atoms with Crippen molar-refractivity contribution in [3.8, 4) is 0 Å². The molecule has 0 amide bonds. The number of halogens is 2. The van der Waals surface area contributed by atoms with Gasteiger partial charge in [0.05, 0.1) is 11.1 Å². The van der Waals surface area contributed by atoms with Gasteiger partial charge >= 0.3 is 0 Å². The summed E-state index contributed by atoms with van der Waals surface area (Å²) in [5, 5.41) is 0.378. The van der Waals surface area contributed by atoms with Gasteiger partial charge in [-0.25, -0.2) is 13.1 Å². The van der Waals surface area contributed by atoms with E-state index in [1.807, 2.05) is 0 Å². The molecule has 0 saturated heterocycles. The van der Waals surface area contributed by atoms with Crippen LogP contribution in [0.15, 0.2) is 23.1 Å². The second-order valence-electron chi connectivity index (χ2n) is 3.82. The normalized spacial score (nSPS) is 13.8. The molecule has 1 atom stereocenters. The zero-order chi connectivity index (χ0) is 14.6. The van der Waals surface area contributed by atoms with Crippen LogP contribution in [0.1, 0.15) is 6.92 Å². The van der Waals surface area contributed by atoms with Crippen LogP contribution in [0.2, 0.25) is 10.0 Å². The summed E-state index contributed by atoms with van der Waals surface area (Å²) >= 11 is 11.6. The Kier molecular flexibility index (Phi) is 6.04. The van der Waals surface area contributed by atoms with Crippen LogP contribution in [0.4, 0.5) is 0 Å². The fraction of sp³-hybridized carbons (Fsp3) is 0.455. The molecule has 1 unspecified atom stereocenters. The summed E-state index contributed by atoms with van der Waals surface area (Å²) < 4.78 is 36.8. The zero-order valence-corrected chi connectivity index (χ0v) is 13.0. The number of hydrogen-bond acceptors (Lipinski definition) is 4. The van der Waals surface area contributed by atoms with Crippen LogP contribution in [0.3, 0.4) is 0 Å². The van der Waals surface area contributed by atoms with Gasteiger partial charge in [0.1, 0.15) is 4.90 Å². The third kappa shape index (κ3) is 4.30. The van der Waals surface area contributed by atoms with Crippen LogP contribution in [-0.2, 0) is 19.5 Å². The Balaban J connectivity index is 3.01. The molecule has 0 aliphatic heterocycles. The maximum atomic E-state index is 12.2. The van der Waals surface area contributed by atoms with E-state index in [9.17, 15) is 8.42 Å². The lowest BCUT2D eigenvalue weighted by atomic mass is 10.3. The summed E-state index contributed by atoms with van der Waals surface area (Å²) in [5.41, 5.74) is 0. The third-order valence-electron chi connectivity index (χ3n) is 2.40. The van der Waals surface area contributed by atoms with Crippen molar-refractivity contribution in [3.05, 3.63) is 28.2 Å². The Morgan fingerprint density at radius 2 is 1.79 bits per heavy atom. The van der Waals surface area contributed by atoms with Crippen molar-refractivity contribution in [3.63, 3.8) is 0 Å². The molecule has 0 radical (unpaired) electrons. The van der Waals surface area contributed by atoms with E-state index in [-0.39, 0.29) is 14.9 Å². The lowest BCUT2D eigenvalue weighted by Crippen LogP contribution is -2.42. The van der Waals surface area contributed by atoms with E-state index in [4.69, 9.17) is 32.7 Å². The van der Waals surface area contributed by atoms with Gasteiger partial charge < -0.3 is 9.47 Å². The number of hydrogen-bond donors (Lipinski definition) is 1. The van der Waals surface area contributed by atoms with Crippen molar-refractivity contribution in [1.29, 1.82) is 0 Å². The van der Waals surface area contributed by atoms with E-state index in [0.29, 0.717) is 0 Å². The third-order valence-corrected chi connectivity index (χ3v) is 4.67. The van der Waals surface area contributed by atoms with Crippen LogP contribution in [0.25, 0.3) is 0 Å². The second kappa shape index (κ2) is 6.88. The molecule has 1 aromatic rings. The Bertz CT molecular complexity index is 531. The van der Waals surface area contributed by atoms with Crippen molar-refractivity contribution in [1.82, 2.24) is 4.72 Å². The molecule has 0 aliphatic rings. The molecular weight excluding hydrogens is 313 g/mol. The number of methoxy groups -OCH3 is 2. The number of sulfonamides is 1. The first-order valence-corrected chi connectivity index (χ1v) is 7.58. The van der Waals surface area contributed by atoms with Gasteiger partial charge in [0.2, 0.25) is 10.0 Å². The predicted octanol–water partition coefficient (Wildman–Crippen LogP) is 2.28. The van der Waals surface area contributed by atoms with Gasteiger partial charge in [0.25, 0.3) is 0 Å². The summed E-state index contributed by atoms with van der Waals surface area (Å²) in [7, 11) is -0.960. The van der Waals surface area contributed by atoms with Gasteiger partial charge in [-0.15, -0.1) is 0 Å². The first kappa shape index (κ1) is 16.7. The first-order valence-electron chi connectivity index (χ1n) is 5.34. The second-order valence-corrected chi connectivity index (χ2v) is 6.35. The first-order chi connectivity index (χ1) is 8.81. The van der Waals surface area contributed by atoms with Crippen LogP contribution in [0, 0.1) is 0 Å². The van der Waals surface area contributed by atoms with Gasteiger partial charge in [-0.2, -0.15) is 0 Å². The van der Waals surface area contributed by atoms with Gasteiger partial charge in [-0.1, -0.05) is 23.2 Å². The minimum absolute atomic E-state index is 0.0838. The van der Waals surface area contributed by atoms with Gasteiger partial charge in [-0.3, -0.25) is 0 Å². The molecule has 0 bridgehead atoms. The molecule has 0 heterocycles. The minimum atomic E-state index is -3.80. The fourth-order valence-electron chi connectivity index (χ4n) is 1.55. The summed E-state index contributed by atoms with van der Waals surface area (Å²) in [5.74, 6) is 0. The Labute approximate surface area is 122 Å². The highest BCUT2D eigenvalue weighted by atomic mass is 35.5. The number of ether oxygens (including phenoxy) is 2. The van der Waals surface area contributed by atoms with Crippen molar-refractivity contribution < 1.29 is 17.9 Å². The molecule has 0 saturated carbocycles. The molecule has 108 valence electrons. The molecule has 0 aromatic heterocycles. The Morgan fingerprint density at radius 3 is 2.32 bits per heavy atom. The molecule has 1 rings (SSSR count). The average molecular weight is 328 g/mol. The van der Waals surface area contributed by atoms with Crippen molar-refractivity contribution in [2.24, 2.45) is 0 Å². The van der Waals surface area contributed by atoms with E-state index < -0.39 is 22.4 Å². The smallest absolute Gasteiger partial charge is 0.242 e. The van der Waals surface area contributed by atoms with E-state index in [0.717, 1.165) is 0 Å². The molecule has 0 spiro atoms. The number of rotatable bonds is 6. The van der Waals surface area contributed by atoms with Gasteiger partial charge in [0.15, 0.2) is 6.29 Å². The Morgan fingerprint density at radius 1 is 1.21 bits per heavy atom. The molecule has 19 heavy (non-hydrogen) atoms. The summed E-state index contributed by atoms with van der Waals surface area (Å²) in [6.07, 6.45) is -0.701. The maximum Gasteiger partial charge on any atom is 0.242 e. The molecule has 5 nitrogen and oxygen atoms in total. The topological polar surface area (TPSA) is 64.6 Å². The lowest BCUT2D eigenvalue weighted by molar-refractivity contribution is -0.115. The van der Waals surface area contributed by atoms with Crippen LogP contribution in [0.5, 0.6) is 0 Å². The number of nitrogens with one attached hydrogen (secondary N) is 1. The maximum absolute atomic E-state index is 12.2. The molecule has 1 N–H and O–H groups in total. The van der Waals surface area contributed by atoms with Gasteiger partial charge in [0, 0.05) is 19.2 Å². The molecule has 8 heteroatoms. The summed E-state index contributed by atoms with van der Waals surface area (Å²) in [6.45, 7) is 1.62. The zero-order valence-electron chi connectivity index (χ0n) is 10.7. The monoisotopic (exact) mass is 327 g/mol. The highest BCUT2D eigenvalue weighted by molar-refractivity contribution is 7.89. The van der Waals surface area contributed by atoms with Gasteiger partial charge in [-0.05, 0) is 25.1 Å². The highest BCUT2D eigenvalue weighted by Gasteiger charge is 2.25. The highest BCUT2D eigenvalue weighted by Crippen LogP contribution is 2.25. The number of benzene rings is 1. The summed E-state index contributed by atoms with van der Waals surface area (Å²) in [6, 6.07) is 3.63. The molecular formula is C11H15Cl2NO4S. The van der Waals surface area contributed by atoms with Crippen LogP contribution >= 0.6 is 23.2 Å². The van der Waals surface area contributed by atoms with Crippen LogP contribution < -0.4 is 4.72 Å². The Hall–Kier alpha value is -0.370. The molecule has 0 fully saturated rings. The molecule has 1 aromatic carbocycles. The largest absolute Gasteiger partial charge is 0.354 e. The average Bonchev–Trinajstić information content (AvgIpc) is 2.33. The fourth-order valence-corrected chi connectivity index (χ4v) is 3.54. The lowest BCUT2D eigenvalue weighted by Gasteiger charge is -2.22. The standard InChI is InChI=1S/C11H15Cl2NO4S/c1-7(11(17-2)18-3)14-19(15,16)10-6-8(12)4-5-9(10)13/h4-7,11,14H,1-3H3. The molecule has 0 aliphatic carbocycles. The van der Waals surface area contributed by atoms with E-state index in [1.165, 1.54) is 32.4 Å². The quantitative estimate of drug-likeness (QED) is 0.814. The van der Waals surface area contributed by atoms with E-state index in [2.05, 4.69) is 4.72 Å². The van der Waals surface area contributed by atoms with Crippen molar-refractivity contribution >= 4 is 33.2 Å². The van der Waals surface area contributed by atoms with Crippen LogP contribution in [-0.4, -0.2) is 35.0 Å². The minimum Gasteiger partial charge on any atom is -0.354 e. The SMILES string of the molecule is COC(OC)C(C)NS(=O)(=O)c1cc(Cl)ccc1Cl. The van der Waals surface area contributed by atoms with Crippen molar-refractivity contribution in [2.45, 2.75) is 24.2 Å².